The summed E-state index contributed by atoms with van der Waals surface area (Å²) in [6, 6.07) is 12.2. The zero-order valence-corrected chi connectivity index (χ0v) is 11.8. The predicted octanol–water partition coefficient (Wildman–Crippen LogP) is 4.02. The number of rotatable bonds is 3. The van der Waals surface area contributed by atoms with Gasteiger partial charge in [0, 0.05) is 21.6 Å². The van der Waals surface area contributed by atoms with Crippen LogP contribution in [0.4, 0.5) is 0 Å². The normalized spacial score (nSPS) is 12.4. The Morgan fingerprint density at radius 3 is 2.59 bits per heavy atom. The molecule has 0 fully saturated rings. The highest BCUT2D eigenvalue weighted by Gasteiger charge is 2.04. The summed E-state index contributed by atoms with van der Waals surface area (Å²) < 4.78 is 1.09. The molecule has 0 spiro atoms. The van der Waals surface area contributed by atoms with Crippen LogP contribution in [0.15, 0.2) is 57.0 Å². The van der Waals surface area contributed by atoms with E-state index >= 15 is 0 Å². The third-order valence-electron chi connectivity index (χ3n) is 2.34. The standard InChI is InChI=1S/C13H13BrN2S/c1-9(15)10-6-7-13(16-8-10)17-12-5-3-2-4-11(12)14/h2-9H,15H2,1H3. The number of aromatic nitrogens is 1. The Bertz CT molecular complexity index is 497. The van der Waals surface area contributed by atoms with Gasteiger partial charge in [-0.05, 0) is 46.6 Å². The van der Waals surface area contributed by atoms with Crippen molar-refractivity contribution in [3.8, 4) is 0 Å². The van der Waals surface area contributed by atoms with Crippen molar-refractivity contribution in [2.24, 2.45) is 5.73 Å². The minimum Gasteiger partial charge on any atom is -0.324 e. The van der Waals surface area contributed by atoms with Crippen LogP contribution in [0.25, 0.3) is 0 Å². The van der Waals surface area contributed by atoms with Crippen LogP contribution in [0.2, 0.25) is 0 Å². The van der Waals surface area contributed by atoms with E-state index in [0.717, 1.165) is 20.0 Å². The summed E-state index contributed by atoms with van der Waals surface area (Å²) in [5.41, 5.74) is 6.84. The number of benzene rings is 1. The van der Waals surface area contributed by atoms with E-state index in [-0.39, 0.29) is 6.04 Å². The van der Waals surface area contributed by atoms with E-state index in [0.29, 0.717) is 0 Å². The van der Waals surface area contributed by atoms with Gasteiger partial charge < -0.3 is 5.73 Å². The quantitative estimate of drug-likeness (QED) is 0.931. The van der Waals surface area contributed by atoms with Crippen LogP contribution in [-0.2, 0) is 0 Å². The van der Waals surface area contributed by atoms with Crippen LogP contribution < -0.4 is 5.73 Å². The maximum Gasteiger partial charge on any atom is 0.101 e. The second-order valence-electron chi connectivity index (χ2n) is 3.75. The van der Waals surface area contributed by atoms with E-state index in [1.165, 1.54) is 0 Å². The number of halogens is 1. The fourth-order valence-electron chi connectivity index (χ4n) is 1.36. The second kappa shape index (κ2) is 5.67. The number of nitrogens with zero attached hydrogens (tertiary/aromatic N) is 1. The van der Waals surface area contributed by atoms with Crippen molar-refractivity contribution in [2.45, 2.75) is 22.9 Å². The molecule has 2 N–H and O–H groups in total. The van der Waals surface area contributed by atoms with E-state index < -0.39 is 0 Å². The highest BCUT2D eigenvalue weighted by Crippen LogP contribution is 2.32. The molecule has 1 heterocycles. The summed E-state index contributed by atoms with van der Waals surface area (Å²) in [5, 5.41) is 0.973. The fraction of sp³-hybridized carbons (Fsp3) is 0.154. The van der Waals surface area contributed by atoms with Crippen LogP contribution in [0, 0.1) is 0 Å². The first-order valence-corrected chi connectivity index (χ1v) is 6.91. The molecule has 0 aliphatic carbocycles. The van der Waals surface area contributed by atoms with Gasteiger partial charge in [-0.1, -0.05) is 30.0 Å². The molecule has 1 aromatic carbocycles. The summed E-state index contributed by atoms with van der Waals surface area (Å²) in [6.07, 6.45) is 1.84. The lowest BCUT2D eigenvalue weighted by Gasteiger charge is -2.06. The maximum absolute atomic E-state index is 5.79. The molecule has 1 unspecified atom stereocenters. The molecule has 0 aliphatic heterocycles. The smallest absolute Gasteiger partial charge is 0.101 e. The van der Waals surface area contributed by atoms with E-state index in [1.54, 1.807) is 11.8 Å². The van der Waals surface area contributed by atoms with Gasteiger partial charge in [0.2, 0.25) is 0 Å². The Morgan fingerprint density at radius 1 is 1.24 bits per heavy atom. The van der Waals surface area contributed by atoms with E-state index in [4.69, 9.17) is 5.73 Å². The lowest BCUT2D eigenvalue weighted by Crippen LogP contribution is -2.04. The van der Waals surface area contributed by atoms with Crippen molar-refractivity contribution in [1.29, 1.82) is 0 Å². The first-order valence-electron chi connectivity index (χ1n) is 5.31. The Balaban J connectivity index is 2.17. The van der Waals surface area contributed by atoms with Crippen molar-refractivity contribution in [2.75, 3.05) is 0 Å². The van der Waals surface area contributed by atoms with Gasteiger partial charge in [0.25, 0.3) is 0 Å². The summed E-state index contributed by atoms with van der Waals surface area (Å²) in [4.78, 5) is 5.56. The first-order chi connectivity index (χ1) is 8.16. The van der Waals surface area contributed by atoms with Gasteiger partial charge in [-0.2, -0.15) is 0 Å². The first kappa shape index (κ1) is 12.6. The molecule has 2 rings (SSSR count). The molecule has 2 aromatic rings. The lowest BCUT2D eigenvalue weighted by molar-refractivity contribution is 0.806. The van der Waals surface area contributed by atoms with Gasteiger partial charge in [-0.25, -0.2) is 4.98 Å². The number of nitrogens with two attached hydrogens (primary N) is 1. The third-order valence-corrected chi connectivity index (χ3v) is 4.32. The summed E-state index contributed by atoms with van der Waals surface area (Å²) in [5.74, 6) is 0. The molecule has 1 atom stereocenters. The Kier molecular flexibility index (Phi) is 4.20. The molecule has 88 valence electrons. The Morgan fingerprint density at radius 2 is 2.00 bits per heavy atom. The SMILES string of the molecule is CC(N)c1ccc(Sc2ccccc2Br)nc1. The zero-order valence-electron chi connectivity index (χ0n) is 9.43. The molecule has 2 nitrogen and oxygen atoms in total. The predicted molar refractivity (Wildman–Crippen MR) is 75.1 cm³/mol. The average molecular weight is 309 g/mol. The molecule has 17 heavy (non-hydrogen) atoms. The van der Waals surface area contributed by atoms with Crippen molar-refractivity contribution < 1.29 is 0 Å². The number of hydrogen-bond acceptors (Lipinski definition) is 3. The highest BCUT2D eigenvalue weighted by molar-refractivity contribution is 9.10. The highest BCUT2D eigenvalue weighted by atomic mass is 79.9. The molecule has 0 bridgehead atoms. The van der Waals surface area contributed by atoms with Gasteiger partial charge in [0.05, 0.1) is 0 Å². The molecule has 0 radical (unpaired) electrons. The molecule has 0 aliphatic rings. The van der Waals surface area contributed by atoms with Crippen molar-refractivity contribution in [3.63, 3.8) is 0 Å². The van der Waals surface area contributed by atoms with Gasteiger partial charge >= 0.3 is 0 Å². The fourth-order valence-corrected chi connectivity index (χ4v) is 2.67. The largest absolute Gasteiger partial charge is 0.324 e. The van der Waals surface area contributed by atoms with Gasteiger partial charge in [-0.3, -0.25) is 0 Å². The van der Waals surface area contributed by atoms with Gasteiger partial charge in [0.15, 0.2) is 0 Å². The molecular formula is C13H13BrN2S. The topological polar surface area (TPSA) is 38.9 Å². The van der Waals surface area contributed by atoms with Gasteiger partial charge in [0.1, 0.15) is 5.03 Å². The van der Waals surface area contributed by atoms with E-state index in [1.807, 2.05) is 43.5 Å². The van der Waals surface area contributed by atoms with Crippen LogP contribution in [0.5, 0.6) is 0 Å². The lowest BCUT2D eigenvalue weighted by atomic mass is 10.2. The Labute approximate surface area is 114 Å². The molecular weight excluding hydrogens is 296 g/mol. The van der Waals surface area contributed by atoms with Crippen LogP contribution >= 0.6 is 27.7 Å². The van der Waals surface area contributed by atoms with Crippen LogP contribution in [0.3, 0.4) is 0 Å². The van der Waals surface area contributed by atoms with Crippen molar-refractivity contribution in [1.82, 2.24) is 4.98 Å². The molecule has 4 heteroatoms. The minimum absolute atomic E-state index is 0.0324. The van der Waals surface area contributed by atoms with Crippen molar-refractivity contribution in [3.05, 3.63) is 52.6 Å². The number of pyridine rings is 1. The minimum atomic E-state index is 0.0324. The average Bonchev–Trinajstić information content (AvgIpc) is 2.33. The van der Waals surface area contributed by atoms with E-state index in [2.05, 4.69) is 27.0 Å². The van der Waals surface area contributed by atoms with Crippen LogP contribution in [0.1, 0.15) is 18.5 Å². The molecule has 0 amide bonds. The monoisotopic (exact) mass is 308 g/mol. The maximum atomic E-state index is 5.79. The molecule has 0 saturated heterocycles. The van der Waals surface area contributed by atoms with Crippen molar-refractivity contribution >= 4 is 27.7 Å². The second-order valence-corrected chi connectivity index (χ2v) is 5.67. The zero-order chi connectivity index (χ0) is 12.3. The molecule has 0 saturated carbocycles. The van der Waals surface area contributed by atoms with Crippen LogP contribution in [-0.4, -0.2) is 4.98 Å². The van der Waals surface area contributed by atoms with Gasteiger partial charge in [-0.15, -0.1) is 0 Å². The Hall–Kier alpha value is -0.840. The summed E-state index contributed by atoms with van der Waals surface area (Å²) in [6.45, 7) is 1.96. The summed E-state index contributed by atoms with van der Waals surface area (Å²) in [7, 11) is 0. The molecule has 1 aromatic heterocycles. The third kappa shape index (κ3) is 3.31. The summed E-state index contributed by atoms with van der Waals surface area (Å²) >= 11 is 5.16. The van der Waals surface area contributed by atoms with E-state index in [9.17, 15) is 0 Å². The number of hydrogen-bond donors (Lipinski definition) is 1.